The molecule has 0 aromatic heterocycles. The smallest absolute Gasteiger partial charge is 0.0490 e. The van der Waals surface area contributed by atoms with Crippen LogP contribution in [0.3, 0.4) is 0 Å². The fourth-order valence-corrected chi connectivity index (χ4v) is 6.03. The van der Waals surface area contributed by atoms with Crippen molar-refractivity contribution in [3.63, 3.8) is 0 Å². The van der Waals surface area contributed by atoms with Gasteiger partial charge in [-0.15, -0.1) is 0 Å². The molecule has 6 rings (SSSR count). The second-order valence-corrected chi connectivity index (χ2v) is 10.6. The fraction of sp³-hybridized carbons (Fsp3) is 0.375. The van der Waals surface area contributed by atoms with Gasteiger partial charge in [-0.1, -0.05) is 55.7 Å². The van der Waals surface area contributed by atoms with Crippen LogP contribution in [0.25, 0.3) is 11.1 Å². The third-order valence-electron chi connectivity index (χ3n) is 8.25. The lowest BCUT2D eigenvalue weighted by atomic mass is 9.83. The quantitative estimate of drug-likeness (QED) is 0.400. The largest absolute Gasteiger partial charge is 0.369 e. The van der Waals surface area contributed by atoms with E-state index in [0.29, 0.717) is 0 Å². The van der Waals surface area contributed by atoms with E-state index in [1.165, 1.54) is 71.4 Å². The molecule has 1 aliphatic carbocycles. The summed E-state index contributed by atoms with van der Waals surface area (Å²) in [4.78, 5) is 7.23. The number of fused-ring (bicyclic) bond motifs is 1. The van der Waals surface area contributed by atoms with Gasteiger partial charge in [0.1, 0.15) is 0 Å². The normalized spacial score (nSPS) is 19.1. The average Bonchev–Trinajstić information content (AvgIpc) is 2.93. The molecule has 1 saturated heterocycles. The maximum Gasteiger partial charge on any atom is 0.0490 e. The number of rotatable bonds is 4. The molecule has 3 aromatic carbocycles. The van der Waals surface area contributed by atoms with Gasteiger partial charge in [-0.25, -0.2) is 0 Å². The molecule has 3 aliphatic rings. The SMILES string of the molecule is CN1CCN(c2ccc(N3C=CCc4cc(-c5ccc(C6CCCCC6)cc5)ccc43)cc2)CC1. The number of hydrogen-bond donors (Lipinski definition) is 0. The Morgan fingerprint density at radius 3 is 2.11 bits per heavy atom. The molecule has 3 nitrogen and oxygen atoms in total. The van der Waals surface area contributed by atoms with Gasteiger partial charge in [-0.2, -0.15) is 0 Å². The lowest BCUT2D eigenvalue weighted by Crippen LogP contribution is -2.44. The minimum absolute atomic E-state index is 0.766. The molecule has 35 heavy (non-hydrogen) atoms. The van der Waals surface area contributed by atoms with Crippen LogP contribution in [0.15, 0.2) is 79.0 Å². The van der Waals surface area contributed by atoms with Gasteiger partial charge in [0, 0.05) is 49.4 Å². The van der Waals surface area contributed by atoms with E-state index in [-0.39, 0.29) is 0 Å². The van der Waals surface area contributed by atoms with Crippen molar-refractivity contribution in [3.05, 3.63) is 90.1 Å². The summed E-state index contributed by atoms with van der Waals surface area (Å²) in [5, 5.41) is 0. The molecule has 1 saturated carbocycles. The van der Waals surface area contributed by atoms with Crippen LogP contribution in [-0.4, -0.2) is 38.1 Å². The highest BCUT2D eigenvalue weighted by Crippen LogP contribution is 2.37. The van der Waals surface area contributed by atoms with Crippen LogP contribution in [0.5, 0.6) is 0 Å². The van der Waals surface area contributed by atoms with Crippen molar-refractivity contribution in [2.45, 2.75) is 44.4 Å². The Morgan fingerprint density at radius 2 is 1.37 bits per heavy atom. The Balaban J connectivity index is 1.20. The van der Waals surface area contributed by atoms with Crippen LogP contribution in [0, 0.1) is 0 Å². The summed E-state index contributed by atoms with van der Waals surface area (Å²) in [5.41, 5.74) is 9.41. The molecule has 0 N–H and O–H groups in total. The monoisotopic (exact) mass is 463 g/mol. The zero-order valence-corrected chi connectivity index (χ0v) is 21.0. The summed E-state index contributed by atoms with van der Waals surface area (Å²) >= 11 is 0. The summed E-state index contributed by atoms with van der Waals surface area (Å²) in [6.45, 7) is 4.48. The second-order valence-electron chi connectivity index (χ2n) is 10.6. The Morgan fingerprint density at radius 1 is 0.686 bits per heavy atom. The van der Waals surface area contributed by atoms with Gasteiger partial charge < -0.3 is 14.7 Å². The van der Waals surface area contributed by atoms with Gasteiger partial charge in [0.2, 0.25) is 0 Å². The summed E-state index contributed by atoms with van der Waals surface area (Å²) in [6, 6.07) is 25.5. The van der Waals surface area contributed by atoms with Crippen LogP contribution < -0.4 is 9.80 Å². The first-order valence-electron chi connectivity index (χ1n) is 13.5. The van der Waals surface area contributed by atoms with Crippen LogP contribution in [0.4, 0.5) is 17.1 Å². The predicted octanol–water partition coefficient (Wildman–Crippen LogP) is 7.36. The zero-order valence-electron chi connectivity index (χ0n) is 21.0. The van der Waals surface area contributed by atoms with E-state index in [9.17, 15) is 0 Å². The van der Waals surface area contributed by atoms with E-state index in [0.717, 1.165) is 38.5 Å². The Kier molecular flexibility index (Phi) is 6.35. The minimum Gasteiger partial charge on any atom is -0.369 e. The Labute approximate surface area is 210 Å². The van der Waals surface area contributed by atoms with Crippen molar-refractivity contribution in [2.75, 3.05) is 43.0 Å². The summed E-state index contributed by atoms with van der Waals surface area (Å²) in [5.74, 6) is 0.766. The molecular formula is C32H37N3. The van der Waals surface area contributed by atoms with Crippen LogP contribution in [0.1, 0.15) is 49.1 Å². The summed E-state index contributed by atoms with van der Waals surface area (Å²) in [6.07, 6.45) is 12.4. The Bertz CT molecular complexity index is 1160. The van der Waals surface area contributed by atoms with Gasteiger partial charge in [-0.3, -0.25) is 0 Å². The molecular weight excluding hydrogens is 426 g/mol. The molecule has 2 heterocycles. The van der Waals surface area contributed by atoms with Crippen molar-refractivity contribution < 1.29 is 0 Å². The van der Waals surface area contributed by atoms with Crippen molar-refractivity contribution in [2.24, 2.45) is 0 Å². The molecule has 0 bridgehead atoms. The molecule has 2 aliphatic heterocycles. The summed E-state index contributed by atoms with van der Waals surface area (Å²) in [7, 11) is 2.21. The molecule has 3 heteroatoms. The third kappa shape index (κ3) is 4.75. The molecule has 180 valence electrons. The van der Waals surface area contributed by atoms with Crippen LogP contribution in [0.2, 0.25) is 0 Å². The van der Waals surface area contributed by atoms with Gasteiger partial charge in [0.05, 0.1) is 0 Å². The predicted molar refractivity (Wildman–Crippen MR) is 149 cm³/mol. The molecule has 0 amide bonds. The average molecular weight is 464 g/mol. The molecule has 0 radical (unpaired) electrons. The van der Waals surface area contributed by atoms with E-state index < -0.39 is 0 Å². The maximum atomic E-state index is 2.50. The number of nitrogens with zero attached hydrogens (tertiary/aromatic N) is 3. The first-order chi connectivity index (χ1) is 17.2. The fourth-order valence-electron chi connectivity index (χ4n) is 6.03. The van der Waals surface area contributed by atoms with Crippen molar-refractivity contribution in [1.29, 1.82) is 0 Å². The first kappa shape index (κ1) is 22.4. The van der Waals surface area contributed by atoms with E-state index in [1.807, 2.05) is 0 Å². The Hall–Kier alpha value is -3.04. The number of hydrogen-bond acceptors (Lipinski definition) is 3. The maximum absolute atomic E-state index is 2.50. The van der Waals surface area contributed by atoms with Crippen molar-refractivity contribution in [1.82, 2.24) is 4.90 Å². The molecule has 2 fully saturated rings. The van der Waals surface area contributed by atoms with E-state index in [2.05, 4.69) is 101 Å². The second kappa shape index (κ2) is 9.91. The number of likely N-dealkylation sites (N-methyl/N-ethyl adjacent to an activating group) is 1. The van der Waals surface area contributed by atoms with E-state index in [1.54, 1.807) is 0 Å². The minimum atomic E-state index is 0.766. The highest BCUT2D eigenvalue weighted by Gasteiger charge is 2.19. The molecule has 0 spiro atoms. The molecule has 0 atom stereocenters. The summed E-state index contributed by atoms with van der Waals surface area (Å²) < 4.78 is 0. The van der Waals surface area contributed by atoms with Gasteiger partial charge >= 0.3 is 0 Å². The zero-order chi connectivity index (χ0) is 23.6. The van der Waals surface area contributed by atoms with Gasteiger partial charge in [-0.05, 0) is 90.9 Å². The van der Waals surface area contributed by atoms with Crippen LogP contribution >= 0.6 is 0 Å². The first-order valence-corrected chi connectivity index (χ1v) is 13.5. The topological polar surface area (TPSA) is 9.72 Å². The standard InChI is InChI=1S/C32H37N3/c1-33-20-22-34(23-21-33)30-14-16-31(17-15-30)35-19-5-8-29-24-28(13-18-32(29)35)27-11-9-26(10-12-27)25-6-3-2-4-7-25/h5,9-19,24-25H,2-4,6-8,20-23H2,1H3. The van der Waals surface area contributed by atoms with E-state index in [4.69, 9.17) is 0 Å². The third-order valence-corrected chi connectivity index (χ3v) is 8.25. The van der Waals surface area contributed by atoms with Gasteiger partial charge in [0.15, 0.2) is 0 Å². The van der Waals surface area contributed by atoms with Gasteiger partial charge in [0.25, 0.3) is 0 Å². The molecule has 0 unspecified atom stereocenters. The van der Waals surface area contributed by atoms with Crippen LogP contribution in [-0.2, 0) is 6.42 Å². The highest BCUT2D eigenvalue weighted by molar-refractivity contribution is 5.76. The number of allylic oxidation sites excluding steroid dienone is 1. The number of anilines is 3. The van der Waals surface area contributed by atoms with Crippen molar-refractivity contribution in [3.8, 4) is 11.1 Å². The lowest BCUT2D eigenvalue weighted by Gasteiger charge is -2.34. The lowest BCUT2D eigenvalue weighted by molar-refractivity contribution is 0.313. The van der Waals surface area contributed by atoms with E-state index >= 15 is 0 Å². The highest BCUT2D eigenvalue weighted by atomic mass is 15.2. The molecule has 3 aromatic rings. The number of benzene rings is 3. The number of piperazine rings is 1. The van der Waals surface area contributed by atoms with Crippen molar-refractivity contribution >= 4 is 17.1 Å².